The van der Waals surface area contributed by atoms with Gasteiger partial charge in [-0.15, -0.1) is 0 Å². The Morgan fingerprint density at radius 2 is 1.87 bits per heavy atom. The SMILES string of the molecule is COc1cc2cccc(OC(=O)CC[S+]([O-])c3ccncn3)c2c(OC(C)=O)c1OC. The summed E-state index contributed by atoms with van der Waals surface area (Å²) in [5.74, 6) is -0.333. The molecule has 1 heterocycles. The van der Waals surface area contributed by atoms with E-state index in [0.717, 1.165) is 0 Å². The molecule has 3 rings (SSSR count). The Balaban J connectivity index is 1.89. The maximum atomic E-state index is 12.4. The van der Waals surface area contributed by atoms with Crippen LogP contribution in [0, 0.1) is 0 Å². The molecule has 0 radical (unpaired) electrons. The molecule has 1 atom stereocenters. The minimum Gasteiger partial charge on any atom is -0.610 e. The summed E-state index contributed by atoms with van der Waals surface area (Å²) in [6.07, 6.45) is 2.66. The predicted octanol–water partition coefficient (Wildman–Crippen LogP) is 2.68. The number of hydrogen-bond acceptors (Lipinski definition) is 9. The van der Waals surface area contributed by atoms with Crippen LogP contribution >= 0.6 is 0 Å². The van der Waals surface area contributed by atoms with Gasteiger partial charge in [-0.1, -0.05) is 12.1 Å². The van der Waals surface area contributed by atoms with Crippen molar-refractivity contribution in [1.82, 2.24) is 9.97 Å². The molecule has 31 heavy (non-hydrogen) atoms. The van der Waals surface area contributed by atoms with Gasteiger partial charge in [0.05, 0.1) is 26.0 Å². The Hall–Kier alpha value is -3.37. The molecule has 0 aliphatic carbocycles. The summed E-state index contributed by atoms with van der Waals surface area (Å²) < 4.78 is 33.9. The van der Waals surface area contributed by atoms with Gasteiger partial charge in [-0.3, -0.25) is 9.59 Å². The maximum absolute atomic E-state index is 12.4. The van der Waals surface area contributed by atoms with E-state index >= 15 is 0 Å². The van der Waals surface area contributed by atoms with E-state index in [4.69, 9.17) is 18.9 Å². The van der Waals surface area contributed by atoms with E-state index in [0.29, 0.717) is 21.5 Å². The molecule has 0 saturated carbocycles. The van der Waals surface area contributed by atoms with Gasteiger partial charge in [0.25, 0.3) is 0 Å². The molecule has 0 aliphatic heterocycles. The van der Waals surface area contributed by atoms with Crippen molar-refractivity contribution in [3.63, 3.8) is 0 Å². The lowest BCUT2D eigenvalue weighted by molar-refractivity contribution is -0.134. The lowest BCUT2D eigenvalue weighted by atomic mass is 10.1. The van der Waals surface area contributed by atoms with Crippen LogP contribution in [0.25, 0.3) is 10.8 Å². The first-order chi connectivity index (χ1) is 14.9. The number of rotatable bonds is 8. The number of nitrogens with zero attached hydrogens (tertiary/aromatic N) is 2. The molecule has 9 nitrogen and oxygen atoms in total. The van der Waals surface area contributed by atoms with E-state index in [2.05, 4.69) is 9.97 Å². The van der Waals surface area contributed by atoms with Crippen LogP contribution in [-0.2, 0) is 20.8 Å². The molecule has 0 aliphatic rings. The van der Waals surface area contributed by atoms with Gasteiger partial charge in [0.1, 0.15) is 17.8 Å². The number of ether oxygens (including phenoxy) is 4. The summed E-state index contributed by atoms with van der Waals surface area (Å²) in [6, 6.07) is 8.22. The van der Waals surface area contributed by atoms with E-state index < -0.39 is 23.1 Å². The summed E-state index contributed by atoms with van der Waals surface area (Å²) in [5.41, 5.74) is 0. The number of hydrogen-bond donors (Lipinski definition) is 0. The molecule has 0 N–H and O–H groups in total. The van der Waals surface area contributed by atoms with Gasteiger partial charge in [0, 0.05) is 30.4 Å². The molecule has 1 aromatic heterocycles. The quantitative estimate of drug-likeness (QED) is 0.223. The molecule has 0 amide bonds. The smallest absolute Gasteiger partial charge is 0.316 e. The second-order valence-electron chi connectivity index (χ2n) is 6.21. The molecule has 162 valence electrons. The third-order valence-corrected chi connectivity index (χ3v) is 5.46. The van der Waals surface area contributed by atoms with Crippen molar-refractivity contribution in [2.75, 3.05) is 20.0 Å². The average Bonchev–Trinajstić information content (AvgIpc) is 2.77. The van der Waals surface area contributed by atoms with Crippen molar-refractivity contribution in [3.05, 3.63) is 42.9 Å². The molecule has 10 heteroatoms. The monoisotopic (exact) mass is 444 g/mol. The summed E-state index contributed by atoms with van der Waals surface area (Å²) in [4.78, 5) is 31.8. The second kappa shape index (κ2) is 10.1. The van der Waals surface area contributed by atoms with E-state index in [1.54, 1.807) is 24.3 Å². The lowest BCUT2D eigenvalue weighted by Gasteiger charge is -2.17. The fraction of sp³-hybridized carbons (Fsp3) is 0.238. The van der Waals surface area contributed by atoms with Crippen LogP contribution in [0.1, 0.15) is 13.3 Å². The molecule has 0 saturated heterocycles. The fourth-order valence-electron chi connectivity index (χ4n) is 2.88. The molecule has 0 spiro atoms. The van der Waals surface area contributed by atoms with Crippen molar-refractivity contribution in [2.45, 2.75) is 18.4 Å². The van der Waals surface area contributed by atoms with E-state index in [1.807, 2.05) is 0 Å². The maximum Gasteiger partial charge on any atom is 0.316 e. The van der Waals surface area contributed by atoms with E-state index in [-0.39, 0.29) is 29.4 Å². The van der Waals surface area contributed by atoms with Crippen LogP contribution < -0.4 is 18.9 Å². The summed E-state index contributed by atoms with van der Waals surface area (Å²) >= 11 is -1.47. The number of carbonyl (C=O) groups is 2. The first-order valence-electron chi connectivity index (χ1n) is 9.15. The van der Waals surface area contributed by atoms with Crippen LogP contribution in [0.15, 0.2) is 47.9 Å². The van der Waals surface area contributed by atoms with E-state index in [9.17, 15) is 14.1 Å². The van der Waals surface area contributed by atoms with Crippen molar-refractivity contribution < 1.29 is 33.1 Å². The highest BCUT2D eigenvalue weighted by Gasteiger charge is 2.23. The topological polar surface area (TPSA) is 120 Å². The molecular weight excluding hydrogens is 424 g/mol. The Labute approximate surface area is 181 Å². The molecule has 0 fully saturated rings. The number of aromatic nitrogens is 2. The van der Waals surface area contributed by atoms with Crippen molar-refractivity contribution in [3.8, 4) is 23.0 Å². The number of fused-ring (bicyclic) bond motifs is 1. The van der Waals surface area contributed by atoms with Crippen molar-refractivity contribution in [1.29, 1.82) is 0 Å². The Morgan fingerprint density at radius 3 is 2.52 bits per heavy atom. The van der Waals surface area contributed by atoms with Crippen LogP contribution in [0.4, 0.5) is 0 Å². The summed E-state index contributed by atoms with van der Waals surface area (Å²) in [5, 5.41) is 1.33. The van der Waals surface area contributed by atoms with Gasteiger partial charge in [0.2, 0.25) is 10.8 Å². The van der Waals surface area contributed by atoms with Gasteiger partial charge in [-0.05, 0) is 17.5 Å². The number of carbonyl (C=O) groups excluding carboxylic acids is 2. The highest BCUT2D eigenvalue weighted by Crippen LogP contribution is 2.47. The van der Waals surface area contributed by atoms with Crippen LogP contribution in [0.5, 0.6) is 23.0 Å². The first-order valence-corrected chi connectivity index (χ1v) is 10.5. The standard InChI is InChI=1S/C21H20N2O7S/c1-13(24)29-21-19-14(11-16(27-2)20(21)28-3)5-4-6-15(19)30-18(25)8-10-31(26)17-7-9-22-12-23-17/h4-7,9,11-12H,8,10H2,1-3H3. The molecule has 0 bridgehead atoms. The fourth-order valence-corrected chi connectivity index (χ4v) is 3.82. The number of benzene rings is 2. The number of esters is 2. The Kier molecular flexibility index (Phi) is 7.27. The Bertz CT molecular complexity index is 1090. The zero-order valence-corrected chi connectivity index (χ0v) is 17.9. The summed E-state index contributed by atoms with van der Waals surface area (Å²) in [7, 11) is 2.87. The molecular formula is C21H20N2O7S. The normalized spacial score (nSPS) is 11.6. The third-order valence-electron chi connectivity index (χ3n) is 4.18. The van der Waals surface area contributed by atoms with Crippen LogP contribution in [-0.4, -0.2) is 46.4 Å². The first kappa shape index (κ1) is 22.3. The second-order valence-corrected chi connectivity index (χ2v) is 7.73. The predicted molar refractivity (Wildman–Crippen MR) is 112 cm³/mol. The summed E-state index contributed by atoms with van der Waals surface area (Å²) in [6.45, 7) is 1.25. The van der Waals surface area contributed by atoms with Gasteiger partial charge < -0.3 is 23.5 Å². The zero-order valence-electron chi connectivity index (χ0n) is 17.1. The minimum absolute atomic E-state index is 0.0363. The number of methoxy groups -OCH3 is 2. The van der Waals surface area contributed by atoms with Gasteiger partial charge in [0.15, 0.2) is 11.5 Å². The van der Waals surface area contributed by atoms with Crippen LogP contribution in [0.2, 0.25) is 0 Å². The van der Waals surface area contributed by atoms with Crippen LogP contribution in [0.3, 0.4) is 0 Å². The average molecular weight is 444 g/mol. The largest absolute Gasteiger partial charge is 0.610 e. The third kappa shape index (κ3) is 5.22. The molecule has 3 aromatic rings. The lowest BCUT2D eigenvalue weighted by Crippen LogP contribution is -2.16. The Morgan fingerprint density at radius 1 is 1.06 bits per heavy atom. The minimum atomic E-state index is -1.47. The van der Waals surface area contributed by atoms with Crippen molar-refractivity contribution >= 4 is 33.9 Å². The highest BCUT2D eigenvalue weighted by atomic mass is 32.2. The van der Waals surface area contributed by atoms with Crippen molar-refractivity contribution in [2.24, 2.45) is 0 Å². The zero-order chi connectivity index (χ0) is 22.4. The van der Waals surface area contributed by atoms with E-state index in [1.165, 1.54) is 39.7 Å². The van der Waals surface area contributed by atoms with Gasteiger partial charge in [-0.25, -0.2) is 4.98 Å². The van der Waals surface area contributed by atoms with Gasteiger partial charge >= 0.3 is 11.9 Å². The van der Waals surface area contributed by atoms with Gasteiger partial charge in [-0.2, -0.15) is 4.98 Å². The molecule has 2 aromatic carbocycles. The highest BCUT2D eigenvalue weighted by molar-refractivity contribution is 7.91. The molecule has 1 unspecified atom stereocenters.